The van der Waals surface area contributed by atoms with Crippen molar-refractivity contribution in [3.05, 3.63) is 57.3 Å². The summed E-state index contributed by atoms with van der Waals surface area (Å²) in [5, 5.41) is 14.0. The minimum absolute atomic E-state index is 0.107. The Labute approximate surface area is 180 Å². The fourth-order valence-electron chi connectivity index (χ4n) is 4.64. The van der Waals surface area contributed by atoms with Gasteiger partial charge in [0.15, 0.2) is 5.78 Å². The minimum Gasteiger partial charge on any atom is -0.383 e. The van der Waals surface area contributed by atoms with Crippen LogP contribution in [0.15, 0.2) is 40.9 Å². The van der Waals surface area contributed by atoms with Crippen LogP contribution in [0.1, 0.15) is 38.2 Å². The van der Waals surface area contributed by atoms with Crippen molar-refractivity contribution in [3.8, 4) is 6.07 Å². The normalized spacial score (nSPS) is 24.7. The average Bonchev–Trinajstić information content (AvgIpc) is 2.67. The number of ether oxygens (including phenoxy) is 1. The van der Waals surface area contributed by atoms with E-state index in [0.29, 0.717) is 44.7 Å². The molecule has 0 saturated carbocycles. The Balaban J connectivity index is 1.97. The monoisotopic (exact) mass is 430 g/mol. The summed E-state index contributed by atoms with van der Waals surface area (Å²) in [6.45, 7) is 6.25. The molecular weight excluding hydrogens is 407 g/mol. The summed E-state index contributed by atoms with van der Waals surface area (Å²) < 4.78 is 20.4. The fourth-order valence-corrected chi connectivity index (χ4v) is 4.92. The Bertz CT molecular complexity index is 985. The van der Waals surface area contributed by atoms with Crippen LogP contribution in [0.5, 0.6) is 0 Å². The first kappa shape index (κ1) is 20.9. The summed E-state index contributed by atoms with van der Waals surface area (Å²) in [5.41, 5.74) is 7.64. The predicted molar refractivity (Wildman–Crippen MR) is 110 cm³/mol. The molecule has 6 nitrogen and oxygen atoms in total. The number of carbonyl (C=O) groups excluding carboxylic acids is 1. The van der Waals surface area contributed by atoms with Gasteiger partial charge in [-0.1, -0.05) is 31.5 Å². The van der Waals surface area contributed by atoms with E-state index in [2.05, 4.69) is 6.07 Å². The molecule has 0 spiro atoms. The molecule has 2 heterocycles. The Morgan fingerprint density at radius 1 is 1.30 bits per heavy atom. The first-order valence-corrected chi connectivity index (χ1v) is 10.4. The number of benzene rings is 1. The zero-order valence-corrected chi connectivity index (χ0v) is 17.8. The minimum atomic E-state index is -0.917. The number of rotatable bonds is 2. The van der Waals surface area contributed by atoms with Crippen LogP contribution >= 0.6 is 11.6 Å². The molecule has 0 aromatic heterocycles. The largest absolute Gasteiger partial charge is 0.383 e. The van der Waals surface area contributed by atoms with Crippen LogP contribution in [-0.2, 0) is 9.53 Å². The van der Waals surface area contributed by atoms with Crippen LogP contribution < -0.4 is 5.73 Å². The van der Waals surface area contributed by atoms with E-state index in [1.165, 1.54) is 12.1 Å². The van der Waals surface area contributed by atoms with Gasteiger partial charge in [-0.05, 0) is 24.0 Å². The van der Waals surface area contributed by atoms with Crippen molar-refractivity contribution in [2.45, 2.75) is 32.6 Å². The number of nitrogens with two attached hydrogens (primary N) is 1. The Hall–Kier alpha value is -2.40. The molecular formula is C22H24ClFN4O2. The van der Waals surface area contributed by atoms with Gasteiger partial charge >= 0.3 is 0 Å². The smallest absolute Gasteiger partial charge is 0.162 e. The van der Waals surface area contributed by atoms with E-state index in [4.69, 9.17) is 22.1 Å². The van der Waals surface area contributed by atoms with Crippen LogP contribution in [0.3, 0.4) is 0 Å². The van der Waals surface area contributed by atoms with Gasteiger partial charge in [0.25, 0.3) is 0 Å². The molecule has 0 bridgehead atoms. The van der Waals surface area contributed by atoms with E-state index in [-0.39, 0.29) is 33.2 Å². The van der Waals surface area contributed by atoms with E-state index in [1.807, 2.05) is 18.9 Å². The average molecular weight is 431 g/mol. The highest BCUT2D eigenvalue weighted by Gasteiger charge is 2.46. The molecule has 1 atom stereocenters. The third-order valence-corrected chi connectivity index (χ3v) is 6.24. The van der Waals surface area contributed by atoms with Crippen LogP contribution in [0.2, 0.25) is 5.02 Å². The third kappa shape index (κ3) is 3.39. The number of halogens is 2. The number of allylic oxidation sites excluding steroid dienone is 3. The van der Waals surface area contributed by atoms with E-state index in [9.17, 15) is 14.4 Å². The van der Waals surface area contributed by atoms with Gasteiger partial charge in [0, 0.05) is 41.4 Å². The summed E-state index contributed by atoms with van der Waals surface area (Å²) in [6, 6.07) is 6.50. The van der Waals surface area contributed by atoms with Crippen LogP contribution in [-0.4, -0.2) is 42.1 Å². The topological polar surface area (TPSA) is 82.6 Å². The predicted octanol–water partition coefficient (Wildman–Crippen LogP) is 3.46. The summed E-state index contributed by atoms with van der Waals surface area (Å²) in [7, 11) is 0. The van der Waals surface area contributed by atoms with Gasteiger partial charge in [-0.2, -0.15) is 5.26 Å². The number of hydrazine groups is 1. The van der Waals surface area contributed by atoms with Crippen LogP contribution in [0, 0.1) is 22.6 Å². The highest BCUT2D eigenvalue weighted by atomic mass is 35.5. The molecule has 0 amide bonds. The van der Waals surface area contributed by atoms with Gasteiger partial charge in [0.2, 0.25) is 0 Å². The van der Waals surface area contributed by atoms with Crippen molar-refractivity contribution >= 4 is 17.4 Å². The van der Waals surface area contributed by atoms with Crippen LogP contribution in [0.4, 0.5) is 4.39 Å². The Morgan fingerprint density at radius 2 is 2.00 bits per heavy atom. The van der Waals surface area contributed by atoms with E-state index >= 15 is 0 Å². The second-order valence-electron chi connectivity index (χ2n) is 8.66. The van der Waals surface area contributed by atoms with Gasteiger partial charge in [-0.15, -0.1) is 0 Å². The lowest BCUT2D eigenvalue weighted by Gasteiger charge is -2.48. The van der Waals surface area contributed by atoms with E-state index < -0.39 is 11.7 Å². The molecule has 1 aromatic carbocycles. The van der Waals surface area contributed by atoms with Crippen molar-refractivity contribution in [1.82, 2.24) is 10.0 Å². The highest BCUT2D eigenvalue weighted by molar-refractivity contribution is 6.31. The molecule has 3 aliphatic rings. The van der Waals surface area contributed by atoms with Gasteiger partial charge in [-0.3, -0.25) is 9.80 Å². The van der Waals surface area contributed by atoms with Crippen molar-refractivity contribution in [2.75, 3.05) is 26.3 Å². The number of nitriles is 1. The molecule has 30 heavy (non-hydrogen) atoms. The van der Waals surface area contributed by atoms with E-state index in [0.717, 1.165) is 5.70 Å². The number of carbonyl (C=O) groups is 1. The maximum Gasteiger partial charge on any atom is 0.162 e. The third-order valence-electron chi connectivity index (χ3n) is 5.91. The molecule has 8 heteroatoms. The number of ketones is 1. The van der Waals surface area contributed by atoms with Gasteiger partial charge in [-0.25, -0.2) is 9.40 Å². The number of nitrogens with zero attached hydrogens (tertiary/aromatic N) is 3. The Kier molecular flexibility index (Phi) is 5.35. The molecule has 1 fully saturated rings. The Morgan fingerprint density at radius 3 is 2.63 bits per heavy atom. The molecule has 2 aliphatic heterocycles. The lowest BCUT2D eigenvalue weighted by Crippen LogP contribution is -2.53. The van der Waals surface area contributed by atoms with Crippen LogP contribution in [0.25, 0.3) is 0 Å². The lowest BCUT2D eigenvalue weighted by molar-refractivity contribution is -0.119. The molecule has 4 rings (SSSR count). The number of Topliss-reactive ketones (excluding diaryl/α,β-unsaturated/α-hetero) is 1. The molecule has 1 aromatic rings. The summed E-state index contributed by atoms with van der Waals surface area (Å²) in [5.74, 6) is -1.37. The summed E-state index contributed by atoms with van der Waals surface area (Å²) >= 11 is 6.37. The lowest BCUT2D eigenvalue weighted by atomic mass is 9.69. The second-order valence-corrected chi connectivity index (χ2v) is 9.07. The fraction of sp³-hybridized carbons (Fsp3) is 0.455. The first-order valence-electron chi connectivity index (χ1n) is 9.98. The number of morpholine rings is 1. The number of hydrogen-bond acceptors (Lipinski definition) is 6. The molecule has 1 saturated heterocycles. The highest BCUT2D eigenvalue weighted by Crippen LogP contribution is 2.50. The van der Waals surface area contributed by atoms with Crippen molar-refractivity contribution in [3.63, 3.8) is 0 Å². The molecule has 1 aliphatic carbocycles. The first-order chi connectivity index (χ1) is 14.2. The van der Waals surface area contributed by atoms with Gasteiger partial charge in [0.05, 0.1) is 30.8 Å². The van der Waals surface area contributed by atoms with Crippen molar-refractivity contribution in [1.29, 1.82) is 5.26 Å². The maximum absolute atomic E-state index is 14.9. The van der Waals surface area contributed by atoms with Crippen molar-refractivity contribution in [2.24, 2.45) is 11.1 Å². The molecule has 2 N–H and O–H groups in total. The zero-order chi connectivity index (χ0) is 21.6. The SMILES string of the molecule is CC1(C)CC(=O)C2=C(C1)N(N1CCOCC1)C(N)=C(C#N)C2c1c(F)cccc1Cl. The molecule has 0 radical (unpaired) electrons. The quantitative estimate of drug-likeness (QED) is 0.773. The van der Waals surface area contributed by atoms with Gasteiger partial charge < -0.3 is 10.5 Å². The second kappa shape index (κ2) is 7.69. The zero-order valence-electron chi connectivity index (χ0n) is 17.0. The standard InChI is InChI=1S/C22H24ClFN4O2/c1-22(2)10-16-20(17(29)11-22)18(19-14(23)4-3-5-15(19)24)13(12-25)21(26)28(16)27-6-8-30-9-7-27/h3-5,18H,6-11,26H2,1-2H3. The maximum atomic E-state index is 14.9. The van der Waals surface area contributed by atoms with E-state index in [1.54, 1.807) is 11.1 Å². The summed E-state index contributed by atoms with van der Waals surface area (Å²) in [6.07, 6.45) is 0.886. The summed E-state index contributed by atoms with van der Waals surface area (Å²) in [4.78, 5) is 13.4. The number of hydrogen-bond donors (Lipinski definition) is 1. The van der Waals surface area contributed by atoms with Crippen molar-refractivity contribution < 1.29 is 13.9 Å². The molecule has 1 unspecified atom stereocenters. The van der Waals surface area contributed by atoms with Gasteiger partial charge in [0.1, 0.15) is 11.6 Å². The molecule has 158 valence electrons.